The minimum atomic E-state index is -0.111. The number of hydrogen-bond acceptors (Lipinski definition) is 4. The Morgan fingerprint density at radius 3 is 2.54 bits per heavy atom. The van der Waals surface area contributed by atoms with Crippen LogP contribution in [0.3, 0.4) is 0 Å². The number of fused-ring (bicyclic) bond motifs is 1. The molecule has 6 heteroatoms. The number of ether oxygens (including phenoxy) is 1. The molecule has 0 bridgehead atoms. The number of benzene rings is 2. The van der Waals surface area contributed by atoms with Gasteiger partial charge in [-0.25, -0.2) is 4.68 Å². The van der Waals surface area contributed by atoms with E-state index in [2.05, 4.69) is 10.1 Å². The van der Waals surface area contributed by atoms with E-state index in [0.717, 1.165) is 16.9 Å². The molecule has 0 N–H and O–H groups in total. The van der Waals surface area contributed by atoms with E-state index in [9.17, 15) is 4.79 Å². The van der Waals surface area contributed by atoms with Crippen LogP contribution in [0.25, 0.3) is 0 Å². The first-order valence-electron chi connectivity index (χ1n) is 8.58. The van der Waals surface area contributed by atoms with Crippen LogP contribution in [0, 0.1) is 0 Å². The van der Waals surface area contributed by atoms with Crippen molar-refractivity contribution in [1.29, 1.82) is 0 Å². The lowest BCUT2D eigenvalue weighted by Gasteiger charge is -2.38. The van der Waals surface area contributed by atoms with Crippen molar-refractivity contribution < 1.29 is 9.53 Å². The van der Waals surface area contributed by atoms with Crippen molar-refractivity contribution in [3.63, 3.8) is 0 Å². The fourth-order valence-corrected chi connectivity index (χ4v) is 3.71. The summed E-state index contributed by atoms with van der Waals surface area (Å²) in [5.74, 6) is 1.32. The van der Waals surface area contributed by atoms with E-state index in [0.29, 0.717) is 12.4 Å². The summed E-state index contributed by atoms with van der Waals surface area (Å²) in [5, 5.41) is 4.41. The van der Waals surface area contributed by atoms with Crippen LogP contribution in [0.4, 0.5) is 5.95 Å². The van der Waals surface area contributed by atoms with Crippen molar-refractivity contribution in [2.45, 2.75) is 25.4 Å². The highest BCUT2D eigenvalue weighted by Gasteiger charge is 2.38. The number of nitrogens with zero attached hydrogens (tertiary/aromatic N) is 4. The summed E-state index contributed by atoms with van der Waals surface area (Å²) in [6.45, 7) is 1.57. The molecule has 3 aromatic rings. The Hall–Kier alpha value is -3.15. The number of carbonyl (C=O) groups excluding carboxylic acids is 1. The van der Waals surface area contributed by atoms with E-state index < -0.39 is 0 Å². The van der Waals surface area contributed by atoms with Gasteiger partial charge in [-0.1, -0.05) is 48.5 Å². The third-order valence-electron chi connectivity index (χ3n) is 4.84. The smallest absolute Gasteiger partial charge is 0.231 e. The van der Waals surface area contributed by atoms with Gasteiger partial charge in [-0.2, -0.15) is 10.1 Å². The van der Waals surface area contributed by atoms with Crippen molar-refractivity contribution in [2.24, 2.45) is 0 Å². The summed E-state index contributed by atoms with van der Waals surface area (Å²) in [7, 11) is 1.67. The number of anilines is 1. The largest absolute Gasteiger partial charge is 0.496 e. The summed E-state index contributed by atoms with van der Waals surface area (Å²) in [6.07, 6.45) is 2.20. The standard InChI is InChI=1S/C20H20N4O2/c1-14(25)23-17(15-8-4-3-5-9-15)12-18(24-20(23)21-13-22-24)16-10-6-7-11-19(16)26-2/h3-11,13,17-18H,12H2,1-2H3/t17-,18-/m1/s1. The Morgan fingerprint density at radius 1 is 1.08 bits per heavy atom. The van der Waals surface area contributed by atoms with E-state index >= 15 is 0 Å². The van der Waals surface area contributed by atoms with Gasteiger partial charge in [-0.3, -0.25) is 9.69 Å². The van der Waals surface area contributed by atoms with Crippen LogP contribution < -0.4 is 9.64 Å². The minimum absolute atomic E-state index is 0.0495. The van der Waals surface area contributed by atoms with Crippen molar-refractivity contribution in [3.8, 4) is 5.75 Å². The zero-order valence-corrected chi connectivity index (χ0v) is 14.7. The fraction of sp³-hybridized carbons (Fsp3) is 0.250. The molecule has 0 fully saturated rings. The predicted octanol–water partition coefficient (Wildman–Crippen LogP) is 3.37. The Morgan fingerprint density at radius 2 is 1.81 bits per heavy atom. The van der Waals surface area contributed by atoms with E-state index in [4.69, 9.17) is 4.74 Å². The SMILES string of the molecule is COc1ccccc1[C@H]1C[C@H](c2ccccc2)N(C(C)=O)c2ncnn21. The summed E-state index contributed by atoms with van der Waals surface area (Å²) in [4.78, 5) is 18.5. The van der Waals surface area contributed by atoms with Gasteiger partial charge in [0, 0.05) is 12.5 Å². The summed E-state index contributed by atoms with van der Waals surface area (Å²) < 4.78 is 7.38. The quantitative estimate of drug-likeness (QED) is 0.728. The van der Waals surface area contributed by atoms with Crippen LogP contribution >= 0.6 is 0 Å². The van der Waals surface area contributed by atoms with Crippen LogP contribution in [-0.4, -0.2) is 27.8 Å². The summed E-state index contributed by atoms with van der Waals surface area (Å²) in [5.41, 5.74) is 2.11. The molecule has 2 atom stereocenters. The first kappa shape index (κ1) is 16.3. The van der Waals surface area contributed by atoms with Crippen LogP contribution in [0.1, 0.15) is 36.6 Å². The third kappa shape index (κ3) is 2.63. The molecule has 132 valence electrons. The number of para-hydroxylation sites is 1. The lowest BCUT2D eigenvalue weighted by atomic mass is 9.91. The maximum atomic E-state index is 12.4. The van der Waals surface area contributed by atoms with Gasteiger partial charge in [-0.05, 0) is 18.1 Å². The molecule has 0 saturated heterocycles. The van der Waals surface area contributed by atoms with E-state index in [1.54, 1.807) is 18.9 Å². The molecule has 0 unspecified atom stereocenters. The molecule has 0 saturated carbocycles. The topological polar surface area (TPSA) is 60.2 Å². The first-order valence-corrected chi connectivity index (χ1v) is 8.58. The molecule has 4 rings (SSSR count). The maximum Gasteiger partial charge on any atom is 0.231 e. The molecule has 1 aromatic heterocycles. The monoisotopic (exact) mass is 348 g/mol. The van der Waals surface area contributed by atoms with Gasteiger partial charge >= 0.3 is 0 Å². The second kappa shape index (κ2) is 6.63. The minimum Gasteiger partial charge on any atom is -0.496 e. The van der Waals surface area contributed by atoms with Crippen molar-refractivity contribution in [3.05, 3.63) is 72.1 Å². The Balaban J connectivity index is 1.87. The lowest BCUT2D eigenvalue weighted by molar-refractivity contribution is -0.117. The van der Waals surface area contributed by atoms with E-state index in [1.165, 1.54) is 6.33 Å². The normalized spacial score (nSPS) is 19.1. The molecule has 6 nitrogen and oxygen atoms in total. The summed E-state index contributed by atoms with van der Waals surface area (Å²) in [6, 6.07) is 17.8. The second-order valence-corrected chi connectivity index (χ2v) is 6.31. The highest BCUT2D eigenvalue weighted by Crippen LogP contribution is 2.43. The second-order valence-electron chi connectivity index (χ2n) is 6.31. The Labute approximate surface area is 152 Å². The molecule has 2 heterocycles. The van der Waals surface area contributed by atoms with Crippen LogP contribution in [0.2, 0.25) is 0 Å². The Bertz CT molecular complexity index is 922. The molecule has 2 aromatic carbocycles. The van der Waals surface area contributed by atoms with E-state index in [-0.39, 0.29) is 18.0 Å². The molecule has 0 aliphatic carbocycles. The summed E-state index contributed by atoms with van der Waals surface area (Å²) >= 11 is 0. The van der Waals surface area contributed by atoms with Gasteiger partial charge < -0.3 is 4.74 Å². The number of methoxy groups -OCH3 is 1. The van der Waals surface area contributed by atoms with Gasteiger partial charge in [-0.15, -0.1) is 0 Å². The molecular formula is C20H20N4O2. The predicted molar refractivity (Wildman–Crippen MR) is 98.1 cm³/mol. The zero-order chi connectivity index (χ0) is 18.1. The molecule has 0 radical (unpaired) electrons. The van der Waals surface area contributed by atoms with Gasteiger partial charge in [0.15, 0.2) is 0 Å². The van der Waals surface area contributed by atoms with Crippen LogP contribution in [0.15, 0.2) is 60.9 Å². The molecule has 1 aliphatic rings. The van der Waals surface area contributed by atoms with Crippen molar-refractivity contribution in [2.75, 3.05) is 12.0 Å². The average molecular weight is 348 g/mol. The van der Waals surface area contributed by atoms with Gasteiger partial charge in [0.1, 0.15) is 12.1 Å². The van der Waals surface area contributed by atoms with Crippen molar-refractivity contribution >= 4 is 11.9 Å². The molecular weight excluding hydrogens is 328 g/mol. The zero-order valence-electron chi connectivity index (χ0n) is 14.7. The number of carbonyl (C=O) groups is 1. The van der Waals surface area contributed by atoms with E-state index in [1.807, 2.05) is 59.3 Å². The van der Waals surface area contributed by atoms with Crippen LogP contribution in [-0.2, 0) is 4.79 Å². The highest BCUT2D eigenvalue weighted by atomic mass is 16.5. The third-order valence-corrected chi connectivity index (χ3v) is 4.84. The fourth-order valence-electron chi connectivity index (χ4n) is 3.71. The lowest BCUT2D eigenvalue weighted by Crippen LogP contribution is -2.41. The van der Waals surface area contributed by atoms with Gasteiger partial charge in [0.2, 0.25) is 11.9 Å². The molecule has 1 aliphatic heterocycles. The molecule has 1 amide bonds. The highest BCUT2D eigenvalue weighted by molar-refractivity contribution is 5.90. The Kier molecular flexibility index (Phi) is 4.16. The number of amides is 1. The molecule has 26 heavy (non-hydrogen) atoms. The number of hydrogen-bond donors (Lipinski definition) is 0. The van der Waals surface area contributed by atoms with Gasteiger partial charge in [0.25, 0.3) is 0 Å². The van der Waals surface area contributed by atoms with Gasteiger partial charge in [0.05, 0.1) is 19.2 Å². The average Bonchev–Trinajstić information content (AvgIpc) is 3.16. The van der Waals surface area contributed by atoms with Crippen molar-refractivity contribution in [1.82, 2.24) is 14.8 Å². The first-order chi connectivity index (χ1) is 12.7. The number of aromatic nitrogens is 3. The van der Waals surface area contributed by atoms with Crippen LogP contribution in [0.5, 0.6) is 5.75 Å². The molecule has 0 spiro atoms. The maximum absolute atomic E-state index is 12.4. The number of rotatable bonds is 3.